The van der Waals surface area contributed by atoms with Crippen molar-refractivity contribution >= 4 is 61.9 Å². The van der Waals surface area contributed by atoms with Crippen molar-refractivity contribution in [2.45, 2.75) is 13.5 Å². The molecular weight excluding hydrogens is 629 g/mol. The van der Waals surface area contributed by atoms with Crippen molar-refractivity contribution in [1.29, 1.82) is 5.26 Å². The van der Waals surface area contributed by atoms with Crippen LogP contribution in [0.2, 0.25) is 0 Å². The summed E-state index contributed by atoms with van der Waals surface area (Å²) in [5.41, 5.74) is 1.87. The summed E-state index contributed by atoms with van der Waals surface area (Å²) < 4.78 is 13.3. The lowest BCUT2D eigenvalue weighted by Crippen LogP contribution is -2.13. The molecule has 35 heavy (non-hydrogen) atoms. The van der Waals surface area contributed by atoms with E-state index in [2.05, 4.69) is 43.8 Å². The predicted octanol–water partition coefficient (Wildman–Crippen LogP) is 6.49. The van der Waals surface area contributed by atoms with Crippen LogP contribution in [0.25, 0.3) is 6.08 Å². The number of nitriles is 1. The van der Waals surface area contributed by atoms with Gasteiger partial charge in [-0.15, -0.1) is 0 Å². The van der Waals surface area contributed by atoms with Crippen LogP contribution in [0.1, 0.15) is 18.1 Å². The number of nitrogens with one attached hydrogen (secondary N) is 1. The van der Waals surface area contributed by atoms with Gasteiger partial charge < -0.3 is 14.8 Å². The van der Waals surface area contributed by atoms with Gasteiger partial charge in [0.2, 0.25) is 0 Å². The molecule has 0 bridgehead atoms. The normalized spacial score (nSPS) is 10.9. The van der Waals surface area contributed by atoms with E-state index in [-0.39, 0.29) is 17.9 Å². The SMILES string of the molecule is CCOc1cc(/C=C(\C#N)C(=O)Nc2ccc(Br)cc2)cc(I)c1OCc1ccc([N+](=O)[O-])cc1. The van der Waals surface area contributed by atoms with Gasteiger partial charge in [-0.2, -0.15) is 5.26 Å². The Bertz CT molecular complexity index is 1300. The largest absolute Gasteiger partial charge is 0.490 e. The summed E-state index contributed by atoms with van der Waals surface area (Å²) in [5, 5.41) is 23.1. The Balaban J connectivity index is 1.81. The summed E-state index contributed by atoms with van der Waals surface area (Å²) in [5.74, 6) is 0.431. The number of nitrogens with zero attached hydrogens (tertiary/aromatic N) is 2. The Morgan fingerprint density at radius 2 is 1.86 bits per heavy atom. The molecule has 1 amide bonds. The van der Waals surface area contributed by atoms with E-state index in [9.17, 15) is 20.2 Å². The number of ether oxygens (including phenoxy) is 2. The highest BCUT2D eigenvalue weighted by Crippen LogP contribution is 2.35. The lowest BCUT2D eigenvalue weighted by Gasteiger charge is -2.15. The highest BCUT2D eigenvalue weighted by molar-refractivity contribution is 14.1. The van der Waals surface area contributed by atoms with Gasteiger partial charge in [0.25, 0.3) is 11.6 Å². The predicted molar refractivity (Wildman–Crippen MR) is 144 cm³/mol. The molecule has 0 aliphatic carbocycles. The van der Waals surface area contributed by atoms with Crippen LogP contribution in [0, 0.1) is 25.0 Å². The fourth-order valence-electron chi connectivity index (χ4n) is 2.99. The lowest BCUT2D eigenvalue weighted by atomic mass is 10.1. The molecule has 178 valence electrons. The molecule has 0 radical (unpaired) electrons. The van der Waals surface area contributed by atoms with Crippen LogP contribution in [-0.2, 0) is 11.4 Å². The van der Waals surface area contributed by atoms with E-state index in [1.165, 1.54) is 18.2 Å². The van der Waals surface area contributed by atoms with Crippen molar-refractivity contribution < 1.29 is 19.2 Å². The molecule has 3 aromatic rings. The maximum Gasteiger partial charge on any atom is 0.269 e. The molecule has 1 N–H and O–H groups in total. The number of carbonyl (C=O) groups excluding carboxylic acids is 1. The van der Waals surface area contributed by atoms with Gasteiger partial charge >= 0.3 is 0 Å². The Morgan fingerprint density at radius 3 is 2.46 bits per heavy atom. The number of amides is 1. The number of benzene rings is 3. The van der Waals surface area contributed by atoms with E-state index < -0.39 is 10.8 Å². The molecule has 0 aliphatic rings. The fraction of sp³-hybridized carbons (Fsp3) is 0.120. The van der Waals surface area contributed by atoms with Crippen LogP contribution < -0.4 is 14.8 Å². The summed E-state index contributed by atoms with van der Waals surface area (Å²) in [6, 6.07) is 18.5. The van der Waals surface area contributed by atoms with Crippen molar-refractivity contribution in [1.82, 2.24) is 0 Å². The number of nitro benzene ring substituents is 1. The third-order valence-corrected chi connectivity index (χ3v) is 5.97. The van der Waals surface area contributed by atoms with Crippen LogP contribution >= 0.6 is 38.5 Å². The Hall–Kier alpha value is -3.43. The van der Waals surface area contributed by atoms with Gasteiger partial charge in [0.15, 0.2) is 11.5 Å². The van der Waals surface area contributed by atoms with E-state index in [4.69, 9.17) is 9.47 Å². The number of carbonyl (C=O) groups is 1. The molecule has 0 spiro atoms. The first-order chi connectivity index (χ1) is 16.8. The second-order valence-corrected chi connectivity index (χ2v) is 9.18. The monoisotopic (exact) mass is 647 g/mol. The Labute approximate surface area is 224 Å². The number of hydrogen-bond acceptors (Lipinski definition) is 6. The lowest BCUT2D eigenvalue weighted by molar-refractivity contribution is -0.384. The molecule has 0 unspecified atom stereocenters. The smallest absolute Gasteiger partial charge is 0.269 e. The van der Waals surface area contributed by atoms with Crippen molar-refractivity contribution in [3.8, 4) is 17.6 Å². The second kappa shape index (κ2) is 12.3. The minimum atomic E-state index is -0.527. The van der Waals surface area contributed by atoms with E-state index >= 15 is 0 Å². The molecule has 0 saturated heterocycles. The molecular formula is C25H19BrIN3O5. The first kappa shape index (κ1) is 26.2. The van der Waals surface area contributed by atoms with Crippen LogP contribution in [0.15, 0.2) is 70.7 Å². The molecule has 0 saturated carbocycles. The minimum absolute atomic E-state index is 0.00643. The summed E-state index contributed by atoms with van der Waals surface area (Å²) in [6.45, 7) is 2.40. The quantitative estimate of drug-likeness (QED) is 0.0934. The molecule has 10 heteroatoms. The maximum atomic E-state index is 12.6. The van der Waals surface area contributed by atoms with Crippen LogP contribution in [0.4, 0.5) is 11.4 Å². The summed E-state index contributed by atoms with van der Waals surface area (Å²) in [6.07, 6.45) is 1.49. The topological polar surface area (TPSA) is 114 Å². The summed E-state index contributed by atoms with van der Waals surface area (Å²) in [7, 11) is 0. The fourth-order valence-corrected chi connectivity index (χ4v) is 4.04. The standard InChI is InChI=1S/C25H19BrIN3O5/c1-2-34-23-13-17(11-18(14-28)25(31)29-20-7-5-19(26)6-8-20)12-22(27)24(23)35-15-16-3-9-21(10-4-16)30(32)33/h3-13H,2,15H2,1H3,(H,29,31)/b18-11+. The average Bonchev–Trinajstić information content (AvgIpc) is 2.83. The molecule has 0 atom stereocenters. The van der Waals surface area contributed by atoms with Gasteiger partial charge in [-0.05, 0) is 95.2 Å². The third-order valence-electron chi connectivity index (χ3n) is 4.64. The van der Waals surface area contributed by atoms with E-state index in [0.717, 1.165) is 10.0 Å². The summed E-state index contributed by atoms with van der Waals surface area (Å²) in [4.78, 5) is 23.0. The number of non-ortho nitro benzene ring substituents is 1. The Kier molecular flexibility index (Phi) is 9.22. The number of halogens is 2. The maximum absolute atomic E-state index is 12.6. The molecule has 3 aromatic carbocycles. The minimum Gasteiger partial charge on any atom is -0.490 e. The molecule has 0 aliphatic heterocycles. The molecule has 3 rings (SSSR count). The van der Waals surface area contributed by atoms with Gasteiger partial charge in [0.1, 0.15) is 18.2 Å². The van der Waals surface area contributed by atoms with Gasteiger partial charge in [-0.25, -0.2) is 0 Å². The first-order valence-electron chi connectivity index (χ1n) is 10.3. The van der Waals surface area contributed by atoms with Crippen LogP contribution in [0.3, 0.4) is 0 Å². The number of rotatable bonds is 9. The van der Waals surface area contributed by atoms with Crippen molar-refractivity contribution in [3.63, 3.8) is 0 Å². The van der Waals surface area contributed by atoms with Gasteiger partial charge in [0.05, 0.1) is 15.1 Å². The summed E-state index contributed by atoms with van der Waals surface area (Å²) >= 11 is 5.43. The third kappa shape index (κ3) is 7.27. The number of hydrogen-bond donors (Lipinski definition) is 1. The molecule has 8 nitrogen and oxygen atoms in total. The van der Waals surface area contributed by atoms with Gasteiger partial charge in [-0.3, -0.25) is 14.9 Å². The van der Waals surface area contributed by atoms with E-state index in [1.54, 1.807) is 48.5 Å². The zero-order valence-electron chi connectivity index (χ0n) is 18.5. The van der Waals surface area contributed by atoms with Crippen molar-refractivity contribution in [3.05, 3.63) is 95.5 Å². The van der Waals surface area contributed by atoms with Crippen LogP contribution in [0.5, 0.6) is 11.5 Å². The van der Waals surface area contributed by atoms with E-state index in [1.807, 2.05) is 13.0 Å². The first-order valence-corrected chi connectivity index (χ1v) is 12.2. The highest BCUT2D eigenvalue weighted by Gasteiger charge is 2.15. The zero-order chi connectivity index (χ0) is 25.4. The number of nitro groups is 1. The molecule has 0 heterocycles. The van der Waals surface area contributed by atoms with Crippen molar-refractivity contribution in [2.75, 3.05) is 11.9 Å². The van der Waals surface area contributed by atoms with Gasteiger partial charge in [-0.1, -0.05) is 15.9 Å². The van der Waals surface area contributed by atoms with Crippen LogP contribution in [-0.4, -0.2) is 17.4 Å². The molecule has 0 aromatic heterocycles. The van der Waals surface area contributed by atoms with E-state index in [0.29, 0.717) is 32.9 Å². The zero-order valence-corrected chi connectivity index (χ0v) is 22.2. The van der Waals surface area contributed by atoms with Crippen molar-refractivity contribution in [2.24, 2.45) is 0 Å². The average molecular weight is 648 g/mol. The van der Waals surface area contributed by atoms with Gasteiger partial charge in [0, 0.05) is 22.3 Å². The highest BCUT2D eigenvalue weighted by atomic mass is 127. The molecule has 0 fully saturated rings. The Morgan fingerprint density at radius 1 is 1.17 bits per heavy atom. The number of anilines is 1. The second-order valence-electron chi connectivity index (χ2n) is 7.11.